The van der Waals surface area contributed by atoms with Crippen LogP contribution in [-0.2, 0) is 30.2 Å². The van der Waals surface area contributed by atoms with Crippen LogP contribution in [0.1, 0.15) is 73.3 Å². The maximum absolute atomic E-state index is 13.2. The van der Waals surface area contributed by atoms with E-state index in [-0.39, 0.29) is 24.2 Å². The highest BCUT2D eigenvalue weighted by Gasteiger charge is 2.53. The van der Waals surface area contributed by atoms with Crippen molar-refractivity contribution in [3.63, 3.8) is 0 Å². The van der Waals surface area contributed by atoms with Gasteiger partial charge in [0.2, 0.25) is 0 Å². The summed E-state index contributed by atoms with van der Waals surface area (Å²) in [6, 6.07) is 9.72. The lowest BCUT2D eigenvalue weighted by Crippen LogP contribution is -2.57. The van der Waals surface area contributed by atoms with Gasteiger partial charge in [0, 0.05) is 36.2 Å². The molecule has 44 heavy (non-hydrogen) atoms. The number of amides is 1. The fourth-order valence-corrected chi connectivity index (χ4v) is 6.97. The van der Waals surface area contributed by atoms with E-state index in [1.54, 1.807) is 24.2 Å². The number of Topliss-reactive ketones (excluding diaryl/α,β-unsaturated/α-hetero) is 1. The third-order valence-corrected chi connectivity index (χ3v) is 9.23. The fraction of sp³-hybridized carbons (Fsp3) is 0.618. The normalized spacial score (nSPS) is 31.0. The van der Waals surface area contributed by atoms with Crippen LogP contribution >= 0.6 is 0 Å². The second-order valence-corrected chi connectivity index (χ2v) is 12.4. The third kappa shape index (κ3) is 6.75. The summed E-state index contributed by atoms with van der Waals surface area (Å²) in [5.41, 5.74) is 2.47. The number of esters is 1. The van der Waals surface area contributed by atoms with Gasteiger partial charge in [-0.3, -0.25) is 14.6 Å². The Labute approximate surface area is 261 Å². The van der Waals surface area contributed by atoms with Crippen LogP contribution in [0.25, 0.3) is 10.9 Å². The summed E-state index contributed by atoms with van der Waals surface area (Å²) in [5.74, 6) is -2.25. The zero-order valence-electron chi connectivity index (χ0n) is 27.4. The van der Waals surface area contributed by atoms with Crippen LogP contribution in [0.5, 0.6) is 0 Å². The Morgan fingerprint density at radius 2 is 1.73 bits per heavy atom. The summed E-state index contributed by atoms with van der Waals surface area (Å²) in [5, 5.41) is 9.50. The molecule has 0 N–H and O–H groups in total. The van der Waals surface area contributed by atoms with Crippen molar-refractivity contribution < 1.29 is 28.6 Å². The van der Waals surface area contributed by atoms with Gasteiger partial charge in [-0.2, -0.15) is 15.2 Å². The Morgan fingerprint density at radius 3 is 2.45 bits per heavy atom. The summed E-state index contributed by atoms with van der Waals surface area (Å²) < 4.78 is 17.4. The van der Waals surface area contributed by atoms with Gasteiger partial charge in [-0.15, -0.1) is 0 Å². The number of hydrogen-bond donors (Lipinski definition) is 0. The molecule has 10 heteroatoms. The van der Waals surface area contributed by atoms with Crippen molar-refractivity contribution in [2.45, 2.75) is 91.9 Å². The van der Waals surface area contributed by atoms with Crippen molar-refractivity contribution in [3.8, 4) is 0 Å². The number of fused-ring (bicyclic) bond motifs is 2. The van der Waals surface area contributed by atoms with Crippen LogP contribution in [0, 0.1) is 23.7 Å². The Hall–Kier alpha value is -3.53. The van der Waals surface area contributed by atoms with E-state index >= 15 is 0 Å². The molecular formula is C34H48N4O6. The number of nitrogens with zero attached hydrogens (tertiary/aromatic N) is 4. The van der Waals surface area contributed by atoms with Gasteiger partial charge in [-0.05, 0) is 63.1 Å². The van der Waals surface area contributed by atoms with E-state index in [2.05, 4.69) is 24.9 Å². The molecule has 2 fully saturated rings. The number of para-hydroxylation sites is 1. The van der Waals surface area contributed by atoms with Gasteiger partial charge < -0.3 is 14.2 Å². The lowest BCUT2D eigenvalue weighted by molar-refractivity contribution is -0.155. The highest BCUT2D eigenvalue weighted by molar-refractivity contribution is 5.99. The zero-order chi connectivity index (χ0) is 32.2. The number of ketones is 1. The number of carbonyl (C=O) groups excluding carboxylic acids is 3. The molecule has 2 bridgehead atoms. The van der Waals surface area contributed by atoms with Crippen molar-refractivity contribution in [3.05, 3.63) is 42.1 Å². The minimum absolute atomic E-state index is 0.000287. The Bertz CT molecular complexity index is 1380. The van der Waals surface area contributed by atoms with E-state index in [9.17, 15) is 14.4 Å². The first-order chi connectivity index (χ1) is 21.0. The highest BCUT2D eigenvalue weighted by atomic mass is 16.6. The smallest absolute Gasteiger partial charge is 0.430 e. The van der Waals surface area contributed by atoms with Crippen LogP contribution in [0.3, 0.4) is 0 Å². The predicted molar refractivity (Wildman–Crippen MR) is 169 cm³/mol. The lowest BCUT2D eigenvalue weighted by atomic mass is 9.77. The first-order valence-electron chi connectivity index (χ1n) is 16.0. The standard InChI is InChI=1S/C32H42N4O6.C2H6/c1-19-16-32(5,40-6)17-20(2)29(37)22(4)30(38)41-18-26-28-21(3)27(19)34-35(36(28)31(39)42-26)15-9-10-23-13-14-33-25-12-8-7-11-24(23)25;1-2/h7-8,11-14,19-22,26,28H,9-10,15-18H2,1-6H3;1-2H3/t19-,20-,21?,22?,26?,28?,32-;/m1./s1. The topological polar surface area (TPSA) is 111 Å². The number of aryl methyl sites for hydroxylation is 1. The molecule has 0 radical (unpaired) electrons. The van der Waals surface area contributed by atoms with Crippen LogP contribution in [-0.4, -0.2) is 76.7 Å². The SMILES string of the molecule is CC.CO[C@@]1(C)C[C@@H](C)C(=O)C(C)C(=O)OCC2OC(=O)N3C2C(C)C(=NN3CCCc2ccnc3ccccc23)[C@H](C)C1. The molecule has 4 heterocycles. The summed E-state index contributed by atoms with van der Waals surface area (Å²) in [6.07, 6.45) is 3.27. The molecule has 3 aliphatic heterocycles. The van der Waals surface area contributed by atoms with E-state index in [1.165, 1.54) is 5.56 Å². The number of carbonyl (C=O) groups is 3. The summed E-state index contributed by atoms with van der Waals surface area (Å²) in [7, 11) is 1.66. The Kier molecular flexibility index (Phi) is 10.7. The van der Waals surface area contributed by atoms with Gasteiger partial charge in [0.25, 0.3) is 0 Å². The summed E-state index contributed by atoms with van der Waals surface area (Å²) in [4.78, 5) is 43.7. The molecule has 240 valence electrons. The van der Waals surface area contributed by atoms with Crippen molar-refractivity contribution in [2.24, 2.45) is 28.8 Å². The number of aromatic nitrogens is 1. The molecule has 1 amide bonds. The Morgan fingerprint density at radius 1 is 1.02 bits per heavy atom. The number of hydrazine groups is 1. The van der Waals surface area contributed by atoms with Crippen LogP contribution in [0.15, 0.2) is 41.6 Å². The molecule has 2 saturated heterocycles. The molecular weight excluding hydrogens is 560 g/mol. The number of hydrogen-bond acceptors (Lipinski definition) is 9. The Balaban J connectivity index is 0.00000216. The van der Waals surface area contributed by atoms with E-state index in [4.69, 9.17) is 19.3 Å². The van der Waals surface area contributed by atoms with Crippen molar-refractivity contribution in [1.82, 2.24) is 15.1 Å². The quantitative estimate of drug-likeness (QED) is 0.308. The molecule has 0 aliphatic carbocycles. The largest absolute Gasteiger partial charge is 0.461 e. The zero-order valence-corrected chi connectivity index (χ0v) is 27.4. The average Bonchev–Trinajstić information content (AvgIpc) is 3.37. The number of hydrazone groups is 1. The van der Waals surface area contributed by atoms with Gasteiger partial charge in [-0.25, -0.2) is 4.79 Å². The summed E-state index contributed by atoms with van der Waals surface area (Å²) in [6.45, 7) is 14.0. The lowest BCUT2D eigenvalue weighted by Gasteiger charge is -2.43. The second-order valence-electron chi connectivity index (χ2n) is 12.4. The van der Waals surface area contributed by atoms with Crippen LogP contribution in [0.4, 0.5) is 4.79 Å². The number of ether oxygens (including phenoxy) is 3. The van der Waals surface area contributed by atoms with Gasteiger partial charge in [0.15, 0.2) is 6.10 Å². The van der Waals surface area contributed by atoms with Gasteiger partial charge in [-0.1, -0.05) is 52.8 Å². The summed E-state index contributed by atoms with van der Waals surface area (Å²) >= 11 is 0. The predicted octanol–water partition coefficient (Wildman–Crippen LogP) is 5.83. The molecule has 1 aromatic carbocycles. The molecule has 7 atom stereocenters. The molecule has 4 unspecified atom stereocenters. The first kappa shape index (κ1) is 33.4. The van der Waals surface area contributed by atoms with Crippen molar-refractivity contribution >= 4 is 34.5 Å². The monoisotopic (exact) mass is 608 g/mol. The molecule has 1 aromatic heterocycles. The maximum Gasteiger partial charge on any atom is 0.430 e. The molecule has 10 nitrogen and oxygen atoms in total. The minimum atomic E-state index is -0.920. The third-order valence-electron chi connectivity index (χ3n) is 9.23. The fourth-order valence-electron chi connectivity index (χ4n) is 6.97. The number of benzene rings is 1. The number of pyridine rings is 1. The van der Waals surface area contributed by atoms with Gasteiger partial charge in [0.05, 0.1) is 17.7 Å². The average molecular weight is 609 g/mol. The molecule has 0 saturated carbocycles. The second kappa shape index (κ2) is 14.1. The van der Waals surface area contributed by atoms with E-state index in [0.29, 0.717) is 19.4 Å². The van der Waals surface area contributed by atoms with Crippen LogP contribution < -0.4 is 0 Å². The van der Waals surface area contributed by atoms with E-state index < -0.39 is 41.6 Å². The van der Waals surface area contributed by atoms with E-state index in [1.807, 2.05) is 58.2 Å². The van der Waals surface area contributed by atoms with E-state index in [0.717, 1.165) is 29.5 Å². The van der Waals surface area contributed by atoms with Crippen molar-refractivity contribution in [1.29, 1.82) is 0 Å². The van der Waals surface area contributed by atoms with Gasteiger partial charge in [0.1, 0.15) is 24.3 Å². The molecule has 3 aliphatic rings. The van der Waals surface area contributed by atoms with Gasteiger partial charge >= 0.3 is 12.1 Å². The number of cyclic esters (lactones) is 1. The number of rotatable bonds is 5. The highest BCUT2D eigenvalue weighted by Crippen LogP contribution is 2.38. The molecule has 2 aromatic rings. The minimum Gasteiger partial charge on any atom is -0.461 e. The first-order valence-corrected chi connectivity index (χ1v) is 16.0. The molecule has 5 rings (SSSR count). The maximum atomic E-state index is 13.2. The number of methoxy groups -OCH3 is 1. The van der Waals surface area contributed by atoms with Crippen LogP contribution in [0.2, 0.25) is 0 Å². The molecule has 0 spiro atoms. The van der Waals surface area contributed by atoms with Crippen molar-refractivity contribution in [2.75, 3.05) is 20.3 Å².